The van der Waals surface area contributed by atoms with E-state index in [0.29, 0.717) is 11.1 Å². The van der Waals surface area contributed by atoms with Crippen LogP contribution in [-0.4, -0.2) is 21.4 Å². The number of aromatic nitrogens is 3. The molecule has 0 aliphatic heterocycles. The number of anilines is 1. The van der Waals surface area contributed by atoms with Gasteiger partial charge in [-0.25, -0.2) is 9.82 Å². The molecule has 3 aromatic rings. The van der Waals surface area contributed by atoms with Crippen LogP contribution in [0.15, 0.2) is 64.5 Å². The van der Waals surface area contributed by atoms with E-state index in [4.69, 9.17) is 0 Å². The van der Waals surface area contributed by atoms with Gasteiger partial charge in [-0.3, -0.25) is 9.78 Å². The molecule has 1 heterocycles. The van der Waals surface area contributed by atoms with Crippen molar-refractivity contribution in [2.45, 2.75) is 0 Å². The molecule has 3 rings (SSSR count). The SMILES string of the molecule is O=c1[nH]c(N/N=C/c2ccc(F)cc2)nnc1-c1ccccc1. The molecule has 0 fully saturated rings. The number of rotatable bonds is 4. The zero-order chi connectivity index (χ0) is 16.1. The van der Waals surface area contributed by atoms with Gasteiger partial charge in [0.25, 0.3) is 5.56 Å². The average molecular weight is 309 g/mol. The average Bonchev–Trinajstić information content (AvgIpc) is 2.58. The number of hydrogen-bond acceptors (Lipinski definition) is 5. The van der Waals surface area contributed by atoms with Crippen LogP contribution < -0.4 is 11.0 Å². The van der Waals surface area contributed by atoms with Crippen molar-refractivity contribution in [2.24, 2.45) is 5.10 Å². The molecule has 0 amide bonds. The minimum Gasteiger partial charge on any atom is -0.288 e. The smallest absolute Gasteiger partial charge is 0.279 e. The Bertz CT molecular complexity index is 875. The molecule has 0 saturated heterocycles. The second-order valence-electron chi connectivity index (χ2n) is 4.64. The summed E-state index contributed by atoms with van der Waals surface area (Å²) in [6, 6.07) is 14.9. The van der Waals surface area contributed by atoms with Crippen molar-refractivity contribution in [1.82, 2.24) is 15.2 Å². The largest absolute Gasteiger partial charge is 0.288 e. The summed E-state index contributed by atoms with van der Waals surface area (Å²) in [5.74, 6) is -0.199. The van der Waals surface area contributed by atoms with E-state index in [1.165, 1.54) is 18.3 Å². The van der Waals surface area contributed by atoms with Crippen LogP contribution in [-0.2, 0) is 0 Å². The van der Waals surface area contributed by atoms with Crippen molar-refractivity contribution in [1.29, 1.82) is 0 Å². The molecule has 0 atom stereocenters. The summed E-state index contributed by atoms with van der Waals surface area (Å²) < 4.78 is 12.8. The number of H-pyrrole nitrogens is 1. The van der Waals surface area contributed by atoms with Crippen LogP contribution in [0.25, 0.3) is 11.3 Å². The third-order valence-electron chi connectivity index (χ3n) is 3.00. The maximum Gasteiger partial charge on any atom is 0.279 e. The first-order chi connectivity index (χ1) is 11.2. The Morgan fingerprint density at radius 1 is 1.04 bits per heavy atom. The Hall–Kier alpha value is -3.35. The molecule has 0 saturated carbocycles. The minimum absolute atomic E-state index is 0.119. The van der Waals surface area contributed by atoms with Crippen LogP contribution in [0.4, 0.5) is 10.3 Å². The molecule has 114 valence electrons. The number of nitrogens with one attached hydrogen (secondary N) is 2. The van der Waals surface area contributed by atoms with E-state index in [-0.39, 0.29) is 23.0 Å². The standard InChI is InChI=1S/C16H12FN5O/c17-13-8-6-11(7-9-13)10-18-21-16-19-15(23)14(20-22-16)12-4-2-1-3-5-12/h1-10H,(H2,19,21,22,23)/b18-10+. The normalized spacial score (nSPS) is 10.8. The first kappa shape index (κ1) is 14.6. The monoisotopic (exact) mass is 309 g/mol. The van der Waals surface area contributed by atoms with Gasteiger partial charge in [0.05, 0.1) is 6.21 Å². The lowest BCUT2D eigenvalue weighted by Gasteiger charge is -2.01. The van der Waals surface area contributed by atoms with E-state index in [1.807, 2.05) is 18.2 Å². The maximum atomic E-state index is 12.8. The summed E-state index contributed by atoms with van der Waals surface area (Å²) in [6.45, 7) is 0. The molecule has 0 aliphatic carbocycles. The maximum absolute atomic E-state index is 12.8. The van der Waals surface area contributed by atoms with E-state index >= 15 is 0 Å². The van der Waals surface area contributed by atoms with Gasteiger partial charge in [-0.1, -0.05) is 42.5 Å². The quantitative estimate of drug-likeness (QED) is 0.573. The number of nitrogens with zero attached hydrogens (tertiary/aromatic N) is 3. The molecule has 23 heavy (non-hydrogen) atoms. The van der Waals surface area contributed by atoms with Crippen LogP contribution in [0.5, 0.6) is 0 Å². The third-order valence-corrected chi connectivity index (χ3v) is 3.00. The Morgan fingerprint density at radius 3 is 2.48 bits per heavy atom. The highest BCUT2D eigenvalue weighted by molar-refractivity contribution is 5.79. The van der Waals surface area contributed by atoms with Gasteiger partial charge >= 0.3 is 0 Å². The van der Waals surface area contributed by atoms with Crippen molar-refractivity contribution in [3.63, 3.8) is 0 Å². The second-order valence-corrected chi connectivity index (χ2v) is 4.64. The summed E-state index contributed by atoms with van der Waals surface area (Å²) in [4.78, 5) is 14.6. The second kappa shape index (κ2) is 6.61. The lowest BCUT2D eigenvalue weighted by molar-refractivity contribution is 0.628. The lowest BCUT2D eigenvalue weighted by atomic mass is 10.2. The summed E-state index contributed by atoms with van der Waals surface area (Å²) >= 11 is 0. The molecule has 0 aliphatic rings. The first-order valence-electron chi connectivity index (χ1n) is 6.79. The van der Waals surface area contributed by atoms with Gasteiger partial charge in [0.2, 0.25) is 5.95 Å². The predicted octanol–water partition coefficient (Wildman–Crippen LogP) is 2.42. The first-order valence-corrected chi connectivity index (χ1v) is 6.79. The van der Waals surface area contributed by atoms with Crippen molar-refractivity contribution < 1.29 is 4.39 Å². The number of hydrazone groups is 1. The Morgan fingerprint density at radius 2 is 1.78 bits per heavy atom. The van der Waals surface area contributed by atoms with E-state index in [1.54, 1.807) is 24.3 Å². The molecule has 0 radical (unpaired) electrons. The van der Waals surface area contributed by atoms with Crippen molar-refractivity contribution in [2.75, 3.05) is 5.43 Å². The number of aromatic amines is 1. The Kier molecular flexibility index (Phi) is 4.19. The predicted molar refractivity (Wildman–Crippen MR) is 85.7 cm³/mol. The van der Waals surface area contributed by atoms with E-state index in [2.05, 4.69) is 25.7 Å². The molecule has 0 unspecified atom stereocenters. The Balaban J connectivity index is 1.73. The topological polar surface area (TPSA) is 83.0 Å². The van der Waals surface area contributed by atoms with Crippen molar-refractivity contribution >= 4 is 12.2 Å². The van der Waals surface area contributed by atoms with Gasteiger partial charge in [0.1, 0.15) is 5.82 Å². The summed E-state index contributed by atoms with van der Waals surface area (Å²) in [7, 11) is 0. The van der Waals surface area contributed by atoms with Gasteiger partial charge in [0, 0.05) is 5.56 Å². The summed E-state index contributed by atoms with van der Waals surface area (Å²) in [5.41, 5.74) is 3.83. The van der Waals surface area contributed by atoms with E-state index < -0.39 is 0 Å². The molecule has 0 bridgehead atoms. The van der Waals surface area contributed by atoms with Gasteiger partial charge in [-0.2, -0.15) is 5.10 Å². The highest BCUT2D eigenvalue weighted by Crippen LogP contribution is 2.10. The van der Waals surface area contributed by atoms with Crippen molar-refractivity contribution in [3.8, 4) is 11.3 Å². The van der Waals surface area contributed by atoms with Crippen LogP contribution >= 0.6 is 0 Å². The zero-order valence-electron chi connectivity index (χ0n) is 11.9. The van der Waals surface area contributed by atoms with Crippen LogP contribution in [0.1, 0.15) is 5.56 Å². The molecule has 2 aromatic carbocycles. The molecule has 0 spiro atoms. The van der Waals surface area contributed by atoms with Gasteiger partial charge in [-0.15, -0.1) is 10.2 Å². The number of benzene rings is 2. The molecule has 1 aromatic heterocycles. The fraction of sp³-hybridized carbons (Fsp3) is 0. The van der Waals surface area contributed by atoms with Gasteiger partial charge in [-0.05, 0) is 17.7 Å². The summed E-state index contributed by atoms with van der Waals surface area (Å²) in [6.07, 6.45) is 1.48. The molecular weight excluding hydrogens is 297 g/mol. The van der Waals surface area contributed by atoms with Gasteiger partial charge in [0.15, 0.2) is 5.69 Å². The highest BCUT2D eigenvalue weighted by Gasteiger charge is 2.06. The lowest BCUT2D eigenvalue weighted by Crippen LogP contribution is -2.15. The third kappa shape index (κ3) is 3.65. The zero-order valence-corrected chi connectivity index (χ0v) is 11.9. The van der Waals surface area contributed by atoms with E-state index in [9.17, 15) is 9.18 Å². The van der Waals surface area contributed by atoms with Gasteiger partial charge < -0.3 is 0 Å². The van der Waals surface area contributed by atoms with E-state index in [0.717, 1.165) is 0 Å². The summed E-state index contributed by atoms with van der Waals surface area (Å²) in [5, 5.41) is 11.7. The molecule has 7 heteroatoms. The van der Waals surface area contributed by atoms with Crippen LogP contribution in [0.3, 0.4) is 0 Å². The number of halogens is 1. The van der Waals surface area contributed by atoms with Crippen LogP contribution in [0.2, 0.25) is 0 Å². The number of hydrogen-bond donors (Lipinski definition) is 2. The fourth-order valence-electron chi connectivity index (χ4n) is 1.89. The minimum atomic E-state index is -0.370. The van der Waals surface area contributed by atoms with Crippen LogP contribution in [0, 0.1) is 5.82 Å². The molecule has 2 N–H and O–H groups in total. The molecule has 6 nitrogen and oxygen atoms in total. The fourth-order valence-corrected chi connectivity index (χ4v) is 1.89. The van der Waals surface area contributed by atoms with Crippen molar-refractivity contribution in [3.05, 3.63) is 76.3 Å². The molecular formula is C16H12FN5O. The highest BCUT2D eigenvalue weighted by atomic mass is 19.1. The Labute approximate surface area is 130 Å².